The predicted molar refractivity (Wildman–Crippen MR) is 142 cm³/mol. The fourth-order valence-corrected chi connectivity index (χ4v) is 5.29. The number of hydrogen-bond donors (Lipinski definition) is 0. The number of ether oxygens (including phenoxy) is 1. The van der Waals surface area contributed by atoms with E-state index in [2.05, 4.69) is 47.9 Å². The molecule has 1 saturated heterocycles. The lowest BCUT2D eigenvalue weighted by Gasteiger charge is -2.13. The standard InChI is InChI=1S/C29H26N2O3S/c1-19-11-13-24(14-12-19)34-16-15-30-28(32)27(35-29(30)33)18-23-17-20(2)31(21(23)3)26-10-6-8-22-7-4-5-9-25(22)26/h4-14,17-18H,15-16H2,1-3H3/b27-18-. The molecule has 0 spiro atoms. The molecular formula is C29H26N2O3S. The summed E-state index contributed by atoms with van der Waals surface area (Å²) >= 11 is 0.981. The van der Waals surface area contributed by atoms with Crippen LogP contribution in [0, 0.1) is 20.8 Å². The molecule has 3 aromatic carbocycles. The summed E-state index contributed by atoms with van der Waals surface area (Å²) < 4.78 is 7.92. The van der Waals surface area contributed by atoms with Gasteiger partial charge in [-0.3, -0.25) is 14.5 Å². The van der Waals surface area contributed by atoms with Crippen molar-refractivity contribution in [3.8, 4) is 11.4 Å². The summed E-state index contributed by atoms with van der Waals surface area (Å²) in [5.74, 6) is 0.446. The highest BCUT2D eigenvalue weighted by Gasteiger charge is 2.35. The summed E-state index contributed by atoms with van der Waals surface area (Å²) in [6.45, 7) is 6.57. The fourth-order valence-electron chi connectivity index (χ4n) is 4.43. The molecule has 0 unspecified atom stereocenters. The van der Waals surface area contributed by atoms with Crippen LogP contribution in [0.15, 0.2) is 77.7 Å². The van der Waals surface area contributed by atoms with Gasteiger partial charge in [-0.1, -0.05) is 54.1 Å². The van der Waals surface area contributed by atoms with Crippen molar-refractivity contribution in [2.75, 3.05) is 13.2 Å². The third-order valence-electron chi connectivity index (χ3n) is 6.24. The molecule has 2 amide bonds. The van der Waals surface area contributed by atoms with Crippen molar-refractivity contribution in [1.82, 2.24) is 9.47 Å². The van der Waals surface area contributed by atoms with Gasteiger partial charge in [0.1, 0.15) is 12.4 Å². The Morgan fingerprint density at radius 3 is 2.46 bits per heavy atom. The summed E-state index contributed by atoms with van der Waals surface area (Å²) in [6.07, 6.45) is 1.83. The molecule has 5 rings (SSSR count). The van der Waals surface area contributed by atoms with Crippen molar-refractivity contribution in [2.24, 2.45) is 0 Å². The zero-order valence-electron chi connectivity index (χ0n) is 19.9. The first-order valence-electron chi connectivity index (χ1n) is 11.5. The van der Waals surface area contributed by atoms with E-state index in [-0.39, 0.29) is 24.3 Å². The molecular weight excluding hydrogens is 456 g/mol. The Kier molecular flexibility index (Phi) is 6.22. The number of benzene rings is 3. The Labute approximate surface area is 209 Å². The highest BCUT2D eigenvalue weighted by Crippen LogP contribution is 2.34. The Balaban J connectivity index is 1.37. The van der Waals surface area contributed by atoms with Gasteiger partial charge in [-0.2, -0.15) is 0 Å². The van der Waals surface area contributed by atoms with E-state index >= 15 is 0 Å². The second-order valence-electron chi connectivity index (χ2n) is 8.66. The third kappa shape index (κ3) is 4.49. The van der Waals surface area contributed by atoms with Gasteiger partial charge in [0, 0.05) is 16.8 Å². The van der Waals surface area contributed by atoms with Crippen LogP contribution in [0.4, 0.5) is 4.79 Å². The van der Waals surface area contributed by atoms with E-state index < -0.39 is 0 Å². The number of thioether (sulfide) groups is 1. The van der Waals surface area contributed by atoms with Gasteiger partial charge < -0.3 is 9.30 Å². The Morgan fingerprint density at radius 2 is 1.66 bits per heavy atom. The first kappa shape index (κ1) is 23.0. The lowest BCUT2D eigenvalue weighted by molar-refractivity contribution is -0.123. The van der Waals surface area contributed by atoms with E-state index in [1.54, 1.807) is 0 Å². The number of carbonyl (C=O) groups is 2. The maximum absolute atomic E-state index is 13.0. The van der Waals surface area contributed by atoms with Crippen molar-refractivity contribution in [3.05, 3.63) is 100 Å². The Hall–Kier alpha value is -3.77. The summed E-state index contributed by atoms with van der Waals surface area (Å²) in [5.41, 5.74) is 5.26. The number of hydrogen-bond acceptors (Lipinski definition) is 4. The van der Waals surface area contributed by atoms with Crippen LogP contribution in [0.25, 0.3) is 22.5 Å². The summed E-state index contributed by atoms with van der Waals surface area (Å²) in [5, 5.41) is 2.07. The van der Waals surface area contributed by atoms with Crippen molar-refractivity contribution >= 4 is 39.8 Å². The van der Waals surface area contributed by atoms with Gasteiger partial charge in [-0.25, -0.2) is 0 Å². The number of amides is 2. The normalized spacial score (nSPS) is 14.9. The highest BCUT2D eigenvalue weighted by molar-refractivity contribution is 8.18. The lowest BCUT2D eigenvalue weighted by Crippen LogP contribution is -2.32. The van der Waals surface area contributed by atoms with Crippen molar-refractivity contribution in [2.45, 2.75) is 20.8 Å². The number of fused-ring (bicyclic) bond motifs is 1. The number of imide groups is 1. The summed E-state index contributed by atoms with van der Waals surface area (Å²) in [6, 6.07) is 24.3. The number of aromatic nitrogens is 1. The average Bonchev–Trinajstić information content (AvgIpc) is 3.28. The third-order valence-corrected chi connectivity index (χ3v) is 7.15. The molecule has 0 radical (unpaired) electrons. The molecule has 0 N–H and O–H groups in total. The van der Waals surface area contributed by atoms with Gasteiger partial charge in [0.15, 0.2) is 0 Å². The maximum atomic E-state index is 13.0. The van der Waals surface area contributed by atoms with Crippen molar-refractivity contribution in [3.63, 3.8) is 0 Å². The molecule has 6 heteroatoms. The minimum absolute atomic E-state index is 0.213. The first-order chi connectivity index (χ1) is 16.9. The minimum atomic E-state index is -0.275. The molecule has 0 atom stereocenters. The van der Waals surface area contributed by atoms with Crippen LogP contribution >= 0.6 is 11.8 Å². The molecule has 4 aromatic rings. The Bertz CT molecular complexity index is 1460. The largest absolute Gasteiger partial charge is 0.492 e. The minimum Gasteiger partial charge on any atom is -0.492 e. The van der Waals surface area contributed by atoms with Crippen LogP contribution in [0.3, 0.4) is 0 Å². The van der Waals surface area contributed by atoms with Gasteiger partial charge >= 0.3 is 0 Å². The zero-order chi connectivity index (χ0) is 24.5. The van der Waals surface area contributed by atoms with Crippen LogP contribution < -0.4 is 4.74 Å². The van der Waals surface area contributed by atoms with Crippen LogP contribution in [-0.2, 0) is 4.79 Å². The van der Waals surface area contributed by atoms with Gasteiger partial charge in [-0.15, -0.1) is 0 Å². The second-order valence-corrected chi connectivity index (χ2v) is 9.65. The molecule has 1 aromatic heterocycles. The van der Waals surface area contributed by atoms with Gasteiger partial charge in [0.2, 0.25) is 0 Å². The predicted octanol–water partition coefficient (Wildman–Crippen LogP) is 6.67. The quantitative estimate of drug-likeness (QED) is 0.288. The van der Waals surface area contributed by atoms with Crippen LogP contribution in [0.2, 0.25) is 0 Å². The fraction of sp³-hybridized carbons (Fsp3) is 0.172. The first-order valence-corrected chi connectivity index (χ1v) is 12.4. The maximum Gasteiger partial charge on any atom is 0.293 e. The van der Waals surface area contributed by atoms with E-state index in [0.29, 0.717) is 4.91 Å². The van der Waals surface area contributed by atoms with E-state index in [1.807, 2.05) is 56.3 Å². The Morgan fingerprint density at radius 1 is 0.914 bits per heavy atom. The molecule has 1 aliphatic heterocycles. The molecule has 5 nitrogen and oxygen atoms in total. The number of rotatable bonds is 6. The molecule has 176 valence electrons. The topological polar surface area (TPSA) is 51.5 Å². The summed E-state index contributed by atoms with van der Waals surface area (Å²) in [4.78, 5) is 27.3. The number of carbonyl (C=O) groups excluding carboxylic acids is 2. The van der Waals surface area contributed by atoms with E-state index in [4.69, 9.17) is 4.74 Å². The molecule has 1 aliphatic rings. The van der Waals surface area contributed by atoms with Crippen LogP contribution in [-0.4, -0.2) is 33.8 Å². The van der Waals surface area contributed by atoms with Gasteiger partial charge in [-0.05, 0) is 73.8 Å². The summed E-state index contributed by atoms with van der Waals surface area (Å²) in [7, 11) is 0. The van der Waals surface area contributed by atoms with E-state index in [1.165, 1.54) is 10.3 Å². The molecule has 1 fully saturated rings. The smallest absolute Gasteiger partial charge is 0.293 e. The van der Waals surface area contributed by atoms with E-state index in [9.17, 15) is 9.59 Å². The van der Waals surface area contributed by atoms with E-state index in [0.717, 1.165) is 51.1 Å². The zero-order valence-corrected chi connectivity index (χ0v) is 20.8. The van der Waals surface area contributed by atoms with Gasteiger partial charge in [0.05, 0.1) is 17.1 Å². The van der Waals surface area contributed by atoms with Crippen molar-refractivity contribution in [1.29, 1.82) is 0 Å². The highest BCUT2D eigenvalue weighted by atomic mass is 32.2. The molecule has 2 heterocycles. The van der Waals surface area contributed by atoms with Crippen LogP contribution in [0.1, 0.15) is 22.5 Å². The molecule has 0 saturated carbocycles. The van der Waals surface area contributed by atoms with Crippen LogP contribution in [0.5, 0.6) is 5.75 Å². The molecule has 35 heavy (non-hydrogen) atoms. The van der Waals surface area contributed by atoms with Crippen molar-refractivity contribution < 1.29 is 14.3 Å². The molecule has 0 aliphatic carbocycles. The van der Waals surface area contributed by atoms with Gasteiger partial charge in [0.25, 0.3) is 11.1 Å². The SMILES string of the molecule is Cc1ccc(OCCN2C(=O)S/C(=C\c3cc(C)n(-c4cccc5ccccc45)c3C)C2=O)cc1. The number of aryl methyl sites for hydroxylation is 2. The lowest BCUT2D eigenvalue weighted by atomic mass is 10.1. The average molecular weight is 483 g/mol. The second kappa shape index (κ2) is 9.47. The molecule has 0 bridgehead atoms. The number of nitrogens with zero attached hydrogens (tertiary/aromatic N) is 2. The monoisotopic (exact) mass is 482 g/mol.